The lowest BCUT2D eigenvalue weighted by Crippen LogP contribution is -2.05. The van der Waals surface area contributed by atoms with Gasteiger partial charge in [-0.3, -0.25) is 0 Å². The first-order valence-electron chi connectivity index (χ1n) is 6.15. The molecule has 0 amide bonds. The molecule has 1 radical (unpaired) electrons. The van der Waals surface area contributed by atoms with Gasteiger partial charge in [0.2, 0.25) is 0 Å². The Hall–Kier alpha value is -1.28. The molecule has 91 valence electrons. The molecule has 0 aliphatic heterocycles. The molecule has 0 N–H and O–H groups in total. The monoisotopic (exact) mass is 231 g/mol. The maximum atomic E-state index is 5.62. The van der Waals surface area contributed by atoms with Gasteiger partial charge in [-0.25, -0.2) is 0 Å². The van der Waals surface area contributed by atoms with Gasteiger partial charge in [-0.15, -0.1) is 0 Å². The molecule has 2 rings (SSSR count). The van der Waals surface area contributed by atoms with E-state index in [9.17, 15) is 0 Å². The lowest BCUT2D eigenvalue weighted by atomic mass is 10.0. The van der Waals surface area contributed by atoms with E-state index in [4.69, 9.17) is 9.15 Å². The van der Waals surface area contributed by atoms with Crippen molar-refractivity contribution < 1.29 is 9.15 Å². The van der Waals surface area contributed by atoms with Crippen molar-refractivity contribution in [3.8, 4) is 0 Å². The first-order valence-corrected chi connectivity index (χ1v) is 6.15. The van der Waals surface area contributed by atoms with Crippen LogP contribution in [0.1, 0.15) is 31.2 Å². The van der Waals surface area contributed by atoms with Gasteiger partial charge in [0.15, 0.2) is 0 Å². The summed E-state index contributed by atoms with van der Waals surface area (Å²) in [5, 5.41) is 1.16. The topological polar surface area (TPSA) is 22.4 Å². The van der Waals surface area contributed by atoms with Crippen LogP contribution in [0, 0.1) is 6.92 Å². The summed E-state index contributed by atoms with van der Waals surface area (Å²) in [7, 11) is 0. The summed E-state index contributed by atoms with van der Waals surface area (Å²) in [6, 6.07) is 8.31. The zero-order valence-corrected chi connectivity index (χ0v) is 10.3. The highest BCUT2D eigenvalue weighted by Crippen LogP contribution is 2.22. The Labute approximate surface area is 103 Å². The van der Waals surface area contributed by atoms with E-state index in [0.717, 1.165) is 37.0 Å². The van der Waals surface area contributed by atoms with Gasteiger partial charge in [-0.1, -0.05) is 26.3 Å². The molecule has 1 unspecified atom stereocenters. The van der Waals surface area contributed by atoms with E-state index in [1.165, 1.54) is 5.56 Å². The number of fused-ring (bicyclic) bond motifs is 1. The van der Waals surface area contributed by atoms with Crippen LogP contribution in [0.15, 0.2) is 34.9 Å². The summed E-state index contributed by atoms with van der Waals surface area (Å²) < 4.78 is 10.9. The number of ether oxygens (including phenoxy) is 1. The van der Waals surface area contributed by atoms with Crippen LogP contribution < -0.4 is 0 Å². The second kappa shape index (κ2) is 5.87. The molecule has 1 aromatic carbocycles. The third-order valence-corrected chi connectivity index (χ3v) is 2.95. The summed E-state index contributed by atoms with van der Waals surface area (Å²) in [6.07, 6.45) is 3.70. The number of rotatable bonds is 6. The predicted octanol–water partition coefficient (Wildman–Crippen LogP) is 4.17. The maximum Gasteiger partial charge on any atom is 0.133 e. The van der Waals surface area contributed by atoms with Gasteiger partial charge >= 0.3 is 0 Å². The summed E-state index contributed by atoms with van der Waals surface area (Å²) >= 11 is 0. The number of unbranched alkanes of at least 4 members (excludes halogenated alkanes) is 1. The first-order chi connectivity index (χ1) is 8.31. The van der Waals surface area contributed by atoms with Crippen LogP contribution in [-0.4, -0.2) is 13.2 Å². The first kappa shape index (κ1) is 12.2. The molecule has 0 saturated heterocycles. The molecule has 2 aromatic rings. The molecule has 0 aliphatic carbocycles. The van der Waals surface area contributed by atoms with Gasteiger partial charge in [0.25, 0.3) is 0 Å². The van der Waals surface area contributed by atoms with E-state index in [1.54, 1.807) is 6.26 Å². The van der Waals surface area contributed by atoms with Gasteiger partial charge in [0.1, 0.15) is 5.58 Å². The average molecular weight is 231 g/mol. The number of benzene rings is 1. The van der Waals surface area contributed by atoms with E-state index < -0.39 is 0 Å². The minimum atomic E-state index is 0.416. The summed E-state index contributed by atoms with van der Waals surface area (Å²) in [6.45, 7) is 7.56. The Morgan fingerprint density at radius 3 is 3.06 bits per heavy atom. The normalized spacial score (nSPS) is 13.1. The lowest BCUT2D eigenvalue weighted by Gasteiger charge is -2.12. The van der Waals surface area contributed by atoms with Crippen LogP contribution >= 0.6 is 0 Å². The minimum Gasteiger partial charge on any atom is -0.464 e. The van der Waals surface area contributed by atoms with Crippen molar-refractivity contribution in [1.29, 1.82) is 0 Å². The molecular formula is C15H19O2. The van der Waals surface area contributed by atoms with Gasteiger partial charge in [0, 0.05) is 17.9 Å². The average Bonchev–Trinajstić information content (AvgIpc) is 2.81. The predicted molar refractivity (Wildman–Crippen MR) is 70.0 cm³/mol. The molecule has 1 aromatic heterocycles. The standard InChI is InChI=1S/C15H19O2/c1-3-4-8-16-11-12(2)13-5-6-15-14(10-13)7-9-17-15/h5-7,9-10,12H,1,3-4,8,11H2,2H3. The largest absolute Gasteiger partial charge is 0.464 e. The summed E-state index contributed by atoms with van der Waals surface area (Å²) in [5.41, 5.74) is 2.24. The molecule has 0 aliphatic rings. The van der Waals surface area contributed by atoms with Crippen LogP contribution in [0.2, 0.25) is 0 Å². The van der Waals surface area contributed by atoms with Crippen LogP contribution in [-0.2, 0) is 4.74 Å². The molecule has 0 bridgehead atoms. The Kier molecular flexibility index (Phi) is 4.21. The molecule has 2 heteroatoms. The van der Waals surface area contributed by atoms with Gasteiger partial charge in [-0.2, -0.15) is 0 Å². The quantitative estimate of drug-likeness (QED) is 0.696. The number of hydrogen-bond acceptors (Lipinski definition) is 2. The fraction of sp³-hybridized carbons (Fsp3) is 0.400. The maximum absolute atomic E-state index is 5.62. The Morgan fingerprint density at radius 1 is 1.35 bits per heavy atom. The van der Waals surface area contributed by atoms with Crippen molar-refractivity contribution >= 4 is 11.0 Å². The number of hydrogen-bond donors (Lipinski definition) is 0. The molecular weight excluding hydrogens is 212 g/mol. The van der Waals surface area contributed by atoms with E-state index >= 15 is 0 Å². The van der Waals surface area contributed by atoms with Gasteiger partial charge in [-0.05, 0) is 30.2 Å². The van der Waals surface area contributed by atoms with Gasteiger partial charge < -0.3 is 9.15 Å². The molecule has 0 spiro atoms. The fourth-order valence-electron chi connectivity index (χ4n) is 1.85. The molecule has 17 heavy (non-hydrogen) atoms. The zero-order valence-electron chi connectivity index (χ0n) is 10.3. The van der Waals surface area contributed by atoms with Crippen LogP contribution in [0.3, 0.4) is 0 Å². The molecule has 1 atom stereocenters. The van der Waals surface area contributed by atoms with Crippen LogP contribution in [0.25, 0.3) is 11.0 Å². The van der Waals surface area contributed by atoms with Gasteiger partial charge in [0.05, 0.1) is 12.9 Å². The van der Waals surface area contributed by atoms with E-state index in [-0.39, 0.29) is 0 Å². The van der Waals surface area contributed by atoms with E-state index in [1.807, 2.05) is 12.1 Å². The fourth-order valence-corrected chi connectivity index (χ4v) is 1.85. The Morgan fingerprint density at radius 2 is 2.24 bits per heavy atom. The molecule has 2 nitrogen and oxygen atoms in total. The minimum absolute atomic E-state index is 0.416. The third kappa shape index (κ3) is 3.10. The van der Waals surface area contributed by atoms with Crippen LogP contribution in [0.4, 0.5) is 0 Å². The van der Waals surface area contributed by atoms with Crippen molar-refractivity contribution in [2.24, 2.45) is 0 Å². The third-order valence-electron chi connectivity index (χ3n) is 2.95. The summed E-state index contributed by atoms with van der Waals surface area (Å²) in [4.78, 5) is 0. The second-order valence-electron chi connectivity index (χ2n) is 4.40. The summed E-state index contributed by atoms with van der Waals surface area (Å²) in [5.74, 6) is 0.416. The molecule has 0 fully saturated rings. The lowest BCUT2D eigenvalue weighted by molar-refractivity contribution is 0.122. The highest BCUT2D eigenvalue weighted by Gasteiger charge is 2.07. The molecule has 1 heterocycles. The molecule has 0 saturated carbocycles. The van der Waals surface area contributed by atoms with Crippen molar-refractivity contribution in [2.75, 3.05) is 13.2 Å². The number of furan rings is 1. The van der Waals surface area contributed by atoms with Crippen molar-refractivity contribution in [1.82, 2.24) is 0 Å². The van der Waals surface area contributed by atoms with Crippen molar-refractivity contribution in [3.63, 3.8) is 0 Å². The SMILES string of the molecule is [CH2]CCCOCC(C)c1ccc2occc2c1. The van der Waals surface area contributed by atoms with Crippen molar-refractivity contribution in [3.05, 3.63) is 43.0 Å². The van der Waals surface area contributed by atoms with Crippen LogP contribution in [0.5, 0.6) is 0 Å². The van der Waals surface area contributed by atoms with E-state index in [2.05, 4.69) is 26.0 Å². The zero-order chi connectivity index (χ0) is 12.1. The highest BCUT2D eigenvalue weighted by molar-refractivity contribution is 5.77. The highest BCUT2D eigenvalue weighted by atomic mass is 16.5. The van der Waals surface area contributed by atoms with Crippen molar-refractivity contribution in [2.45, 2.75) is 25.7 Å². The Bertz CT molecular complexity index is 459. The Balaban J connectivity index is 1.95. The van der Waals surface area contributed by atoms with E-state index in [0.29, 0.717) is 5.92 Å². The smallest absolute Gasteiger partial charge is 0.133 e. The second-order valence-corrected chi connectivity index (χ2v) is 4.40.